The van der Waals surface area contributed by atoms with Crippen LogP contribution in [0.25, 0.3) is 0 Å². The highest BCUT2D eigenvalue weighted by Gasteiger charge is 2.36. The summed E-state index contributed by atoms with van der Waals surface area (Å²) in [5.41, 5.74) is -0.285. The predicted molar refractivity (Wildman–Crippen MR) is 70.5 cm³/mol. The van der Waals surface area contributed by atoms with Gasteiger partial charge in [-0.25, -0.2) is 0 Å². The summed E-state index contributed by atoms with van der Waals surface area (Å²) in [6, 6.07) is 0. The molecule has 1 aliphatic rings. The summed E-state index contributed by atoms with van der Waals surface area (Å²) in [7, 11) is 0. The van der Waals surface area contributed by atoms with Crippen molar-refractivity contribution in [3.05, 3.63) is 0 Å². The molecule has 1 saturated heterocycles. The Hall–Kier alpha value is -1.01. The van der Waals surface area contributed by atoms with Crippen LogP contribution in [0.4, 0.5) is 0 Å². The van der Waals surface area contributed by atoms with Crippen molar-refractivity contribution in [2.75, 3.05) is 19.6 Å². The monoisotopic (exact) mass is 236 g/mol. The normalized spacial score (nSPS) is 20.3. The van der Waals surface area contributed by atoms with E-state index >= 15 is 0 Å². The van der Waals surface area contributed by atoms with Crippen LogP contribution in [-0.4, -0.2) is 25.5 Å². The van der Waals surface area contributed by atoms with E-state index in [0.29, 0.717) is 12.5 Å². The van der Waals surface area contributed by atoms with Crippen molar-refractivity contribution in [2.24, 2.45) is 11.3 Å². The molecule has 1 unspecified atom stereocenters. The van der Waals surface area contributed by atoms with Gasteiger partial charge >= 0.3 is 0 Å². The number of rotatable bonds is 4. The molecule has 3 nitrogen and oxygen atoms in total. The minimum Gasteiger partial charge on any atom is -0.355 e. The molecule has 0 bridgehead atoms. The molecule has 1 heterocycles. The highest BCUT2D eigenvalue weighted by Crippen LogP contribution is 2.31. The van der Waals surface area contributed by atoms with Crippen LogP contribution in [-0.2, 0) is 4.79 Å². The molecule has 0 aromatic heterocycles. The van der Waals surface area contributed by atoms with Gasteiger partial charge in [-0.15, -0.1) is 11.8 Å². The van der Waals surface area contributed by atoms with Gasteiger partial charge in [-0.1, -0.05) is 13.8 Å². The Bertz CT molecular complexity index is 306. The fourth-order valence-electron chi connectivity index (χ4n) is 2.24. The van der Waals surface area contributed by atoms with E-state index in [9.17, 15) is 4.79 Å². The Kier molecular flexibility index (Phi) is 5.50. The standard InChI is InChI=1S/C14H24N2O/c1-4-5-6-10-16-13(17)14(2,3)12-8-7-9-15-11-12/h12,15H,6-11H2,1-3H3,(H,16,17). The first-order valence-corrected chi connectivity index (χ1v) is 6.47. The van der Waals surface area contributed by atoms with E-state index in [1.54, 1.807) is 0 Å². The van der Waals surface area contributed by atoms with E-state index < -0.39 is 0 Å². The maximum absolute atomic E-state index is 12.1. The highest BCUT2D eigenvalue weighted by molar-refractivity contribution is 5.82. The third-order valence-electron chi connectivity index (χ3n) is 3.62. The van der Waals surface area contributed by atoms with Crippen LogP contribution in [0.2, 0.25) is 0 Å². The average molecular weight is 236 g/mol. The molecule has 0 spiro atoms. The van der Waals surface area contributed by atoms with Crippen molar-refractivity contribution in [2.45, 2.75) is 40.0 Å². The van der Waals surface area contributed by atoms with Crippen LogP contribution in [0, 0.1) is 23.2 Å². The predicted octanol–water partition coefficient (Wildman–Crippen LogP) is 1.54. The number of hydrogen-bond acceptors (Lipinski definition) is 2. The zero-order valence-electron chi connectivity index (χ0n) is 11.2. The number of piperidine rings is 1. The maximum atomic E-state index is 12.1. The van der Waals surface area contributed by atoms with Crippen molar-refractivity contribution >= 4 is 5.91 Å². The van der Waals surface area contributed by atoms with E-state index in [4.69, 9.17) is 0 Å². The second kappa shape index (κ2) is 6.66. The Balaban J connectivity index is 2.43. The molecule has 1 rings (SSSR count). The summed E-state index contributed by atoms with van der Waals surface area (Å²) < 4.78 is 0. The molecule has 0 aromatic rings. The topological polar surface area (TPSA) is 41.1 Å². The number of amides is 1. The average Bonchev–Trinajstić information content (AvgIpc) is 2.35. The molecule has 96 valence electrons. The molecule has 1 amide bonds. The SMILES string of the molecule is CC#CCCNC(=O)C(C)(C)C1CCCNC1. The van der Waals surface area contributed by atoms with Crippen LogP contribution >= 0.6 is 0 Å². The number of carbonyl (C=O) groups excluding carboxylic acids is 1. The number of carbonyl (C=O) groups is 1. The summed E-state index contributed by atoms with van der Waals surface area (Å²) in [5, 5.41) is 6.36. The van der Waals surface area contributed by atoms with Crippen molar-refractivity contribution in [1.82, 2.24) is 10.6 Å². The van der Waals surface area contributed by atoms with Gasteiger partial charge in [0.05, 0.1) is 0 Å². The fraction of sp³-hybridized carbons (Fsp3) is 0.786. The minimum atomic E-state index is -0.285. The van der Waals surface area contributed by atoms with Crippen molar-refractivity contribution in [1.29, 1.82) is 0 Å². The van der Waals surface area contributed by atoms with Gasteiger partial charge in [0.25, 0.3) is 0 Å². The largest absolute Gasteiger partial charge is 0.355 e. The summed E-state index contributed by atoms with van der Waals surface area (Å²) in [5.74, 6) is 6.38. The molecule has 0 radical (unpaired) electrons. The number of nitrogens with one attached hydrogen (secondary N) is 2. The van der Waals surface area contributed by atoms with Gasteiger partial charge in [0.15, 0.2) is 0 Å². The number of hydrogen-bond donors (Lipinski definition) is 2. The lowest BCUT2D eigenvalue weighted by Crippen LogP contribution is -2.47. The van der Waals surface area contributed by atoms with Gasteiger partial charge in [0, 0.05) is 18.4 Å². The molecule has 1 fully saturated rings. The third-order valence-corrected chi connectivity index (χ3v) is 3.62. The third kappa shape index (κ3) is 4.05. The van der Waals surface area contributed by atoms with Crippen LogP contribution in [0.5, 0.6) is 0 Å². The lowest BCUT2D eigenvalue weighted by atomic mass is 9.74. The first kappa shape index (κ1) is 14.1. The molecule has 0 aliphatic carbocycles. The summed E-state index contributed by atoms with van der Waals surface area (Å²) in [6.07, 6.45) is 3.05. The molecule has 0 saturated carbocycles. The summed E-state index contributed by atoms with van der Waals surface area (Å²) >= 11 is 0. The Morgan fingerprint density at radius 3 is 2.88 bits per heavy atom. The van der Waals surface area contributed by atoms with Crippen LogP contribution < -0.4 is 10.6 Å². The van der Waals surface area contributed by atoms with Crippen LogP contribution in [0.3, 0.4) is 0 Å². The van der Waals surface area contributed by atoms with E-state index in [0.717, 1.165) is 25.9 Å². The first-order chi connectivity index (χ1) is 8.09. The zero-order valence-corrected chi connectivity index (χ0v) is 11.2. The van der Waals surface area contributed by atoms with Crippen molar-refractivity contribution in [3.8, 4) is 11.8 Å². The molecule has 17 heavy (non-hydrogen) atoms. The molecule has 2 N–H and O–H groups in total. The fourth-order valence-corrected chi connectivity index (χ4v) is 2.24. The first-order valence-electron chi connectivity index (χ1n) is 6.47. The lowest BCUT2D eigenvalue weighted by Gasteiger charge is -2.36. The lowest BCUT2D eigenvalue weighted by molar-refractivity contribution is -0.132. The van der Waals surface area contributed by atoms with Gasteiger partial charge < -0.3 is 10.6 Å². The van der Waals surface area contributed by atoms with Gasteiger partial charge in [-0.2, -0.15) is 0 Å². The van der Waals surface area contributed by atoms with E-state index in [1.807, 2.05) is 20.8 Å². The van der Waals surface area contributed by atoms with Gasteiger partial charge in [0.1, 0.15) is 0 Å². The molecule has 0 aromatic carbocycles. The van der Waals surface area contributed by atoms with Crippen molar-refractivity contribution in [3.63, 3.8) is 0 Å². The Morgan fingerprint density at radius 2 is 2.29 bits per heavy atom. The Morgan fingerprint density at radius 1 is 1.53 bits per heavy atom. The van der Waals surface area contributed by atoms with Crippen molar-refractivity contribution < 1.29 is 4.79 Å². The molecular weight excluding hydrogens is 212 g/mol. The maximum Gasteiger partial charge on any atom is 0.226 e. The van der Waals surface area contributed by atoms with Gasteiger partial charge in [0.2, 0.25) is 5.91 Å². The minimum absolute atomic E-state index is 0.157. The summed E-state index contributed by atoms with van der Waals surface area (Å²) in [4.78, 5) is 12.1. The molecule has 3 heteroatoms. The van der Waals surface area contributed by atoms with E-state index in [1.165, 1.54) is 6.42 Å². The smallest absolute Gasteiger partial charge is 0.226 e. The van der Waals surface area contributed by atoms with Crippen LogP contribution in [0.1, 0.15) is 40.0 Å². The van der Waals surface area contributed by atoms with Gasteiger partial charge in [-0.05, 0) is 38.8 Å². The van der Waals surface area contributed by atoms with Crippen LogP contribution in [0.15, 0.2) is 0 Å². The summed E-state index contributed by atoms with van der Waals surface area (Å²) in [6.45, 7) is 8.61. The van der Waals surface area contributed by atoms with E-state index in [-0.39, 0.29) is 11.3 Å². The molecular formula is C14H24N2O. The quantitative estimate of drug-likeness (QED) is 0.574. The second-order valence-electron chi connectivity index (χ2n) is 5.20. The van der Waals surface area contributed by atoms with E-state index in [2.05, 4.69) is 22.5 Å². The van der Waals surface area contributed by atoms with Gasteiger partial charge in [-0.3, -0.25) is 4.79 Å². The Labute approximate surface area is 105 Å². The highest BCUT2D eigenvalue weighted by atomic mass is 16.2. The molecule has 1 aliphatic heterocycles. The second-order valence-corrected chi connectivity index (χ2v) is 5.20. The molecule has 1 atom stereocenters. The zero-order chi connectivity index (χ0) is 12.7.